The highest BCUT2D eigenvalue weighted by molar-refractivity contribution is 7.95. The highest BCUT2D eigenvalue weighted by Crippen LogP contribution is 2.35. The summed E-state index contributed by atoms with van der Waals surface area (Å²) in [6.45, 7) is 3.86. The minimum absolute atomic E-state index is 0.152. The Hall–Kier alpha value is -1.81. The van der Waals surface area contributed by atoms with Crippen LogP contribution < -0.4 is 9.62 Å². The van der Waals surface area contributed by atoms with E-state index in [4.69, 9.17) is 4.74 Å². The van der Waals surface area contributed by atoms with Crippen LogP contribution >= 0.6 is 12.1 Å². The van der Waals surface area contributed by atoms with E-state index in [9.17, 15) is 8.78 Å². The van der Waals surface area contributed by atoms with Crippen molar-refractivity contribution >= 4 is 18.0 Å². The van der Waals surface area contributed by atoms with Crippen LogP contribution in [-0.4, -0.2) is 66.1 Å². The van der Waals surface area contributed by atoms with Gasteiger partial charge in [0.05, 0.1) is 19.4 Å². The van der Waals surface area contributed by atoms with Gasteiger partial charge < -0.3 is 9.64 Å². The van der Waals surface area contributed by atoms with Crippen LogP contribution in [0.4, 0.5) is 14.6 Å². The molecule has 2 atom stereocenters. The third kappa shape index (κ3) is 6.50. The number of nitrogens with one attached hydrogen (secondary N) is 1. The predicted octanol–water partition coefficient (Wildman–Crippen LogP) is 4.61. The van der Waals surface area contributed by atoms with Crippen LogP contribution in [0.3, 0.4) is 0 Å². The van der Waals surface area contributed by atoms with Crippen LogP contribution in [0.25, 0.3) is 0 Å². The third-order valence-electron chi connectivity index (χ3n) is 7.63. The largest absolute Gasteiger partial charge is 0.378 e. The highest BCUT2D eigenvalue weighted by atomic mass is 32.2. The first-order chi connectivity index (χ1) is 17.2. The second kappa shape index (κ2) is 12.0. The molecule has 0 radical (unpaired) electrons. The van der Waals surface area contributed by atoms with E-state index in [0.717, 1.165) is 69.7 Å². The lowest BCUT2D eigenvalue weighted by Gasteiger charge is -2.42. The van der Waals surface area contributed by atoms with Crippen molar-refractivity contribution in [1.82, 2.24) is 19.2 Å². The molecule has 3 aliphatic rings. The number of hydrogen-bond donors (Lipinski definition) is 1. The van der Waals surface area contributed by atoms with Gasteiger partial charge in [-0.05, 0) is 67.9 Å². The Morgan fingerprint density at radius 3 is 2.66 bits per heavy atom. The molecule has 1 N–H and O–H groups in total. The molecule has 1 aromatic carbocycles. The summed E-state index contributed by atoms with van der Waals surface area (Å²) in [4.78, 5) is 2.30. The second-order valence-electron chi connectivity index (χ2n) is 10.1. The zero-order chi connectivity index (χ0) is 24.0. The second-order valence-corrected chi connectivity index (χ2v) is 11.1. The van der Waals surface area contributed by atoms with Gasteiger partial charge in [-0.2, -0.15) is 5.10 Å². The molecule has 1 aromatic heterocycles. The summed E-state index contributed by atoms with van der Waals surface area (Å²) in [5.74, 6) is 1.68. The van der Waals surface area contributed by atoms with Crippen LogP contribution in [0.1, 0.15) is 43.6 Å². The Morgan fingerprint density at radius 1 is 1.06 bits per heavy atom. The van der Waals surface area contributed by atoms with Crippen molar-refractivity contribution in [3.63, 3.8) is 0 Å². The predicted molar refractivity (Wildman–Crippen MR) is 135 cm³/mol. The van der Waals surface area contributed by atoms with Crippen LogP contribution in [0.15, 0.2) is 42.6 Å². The van der Waals surface area contributed by atoms with Gasteiger partial charge in [-0.1, -0.05) is 12.1 Å². The molecule has 2 aromatic rings. The minimum atomic E-state index is -0.231. The number of halogens is 2. The van der Waals surface area contributed by atoms with Gasteiger partial charge in [0.2, 0.25) is 0 Å². The molecule has 9 heteroatoms. The van der Waals surface area contributed by atoms with E-state index >= 15 is 0 Å². The summed E-state index contributed by atoms with van der Waals surface area (Å²) in [5.41, 5.74) is 1.11. The lowest BCUT2D eigenvalue weighted by Crippen LogP contribution is -2.52. The lowest BCUT2D eigenvalue weighted by atomic mass is 9.82. The van der Waals surface area contributed by atoms with Crippen molar-refractivity contribution in [2.45, 2.75) is 50.2 Å². The zero-order valence-electron chi connectivity index (χ0n) is 20.1. The molecule has 2 saturated heterocycles. The molecule has 3 fully saturated rings. The normalized spacial score (nSPS) is 28.1. The van der Waals surface area contributed by atoms with E-state index in [2.05, 4.69) is 24.1 Å². The van der Waals surface area contributed by atoms with Crippen molar-refractivity contribution in [3.05, 3.63) is 54.0 Å². The molecule has 1 aliphatic carbocycles. The number of nitrogens with zero attached hydrogens (tertiary/aromatic N) is 4. The average Bonchev–Trinajstić information content (AvgIpc) is 2.88. The molecular weight excluding hydrogens is 468 g/mol. The monoisotopic (exact) mass is 503 g/mol. The number of piperidine rings is 1. The van der Waals surface area contributed by atoms with Gasteiger partial charge in [0.1, 0.15) is 5.82 Å². The fourth-order valence-corrected chi connectivity index (χ4v) is 6.61. The zero-order valence-corrected chi connectivity index (χ0v) is 20.9. The van der Waals surface area contributed by atoms with Crippen molar-refractivity contribution in [1.29, 1.82) is 0 Å². The van der Waals surface area contributed by atoms with Gasteiger partial charge in [0, 0.05) is 62.4 Å². The Balaban J connectivity index is 1.14. The van der Waals surface area contributed by atoms with E-state index in [-0.39, 0.29) is 24.5 Å². The molecule has 3 heterocycles. The van der Waals surface area contributed by atoms with Gasteiger partial charge in [-0.3, -0.25) is 4.39 Å². The average molecular weight is 504 g/mol. The number of anilines is 1. The van der Waals surface area contributed by atoms with Gasteiger partial charge in [0.25, 0.3) is 0 Å². The summed E-state index contributed by atoms with van der Waals surface area (Å²) in [6, 6.07) is 11.3. The first kappa shape index (κ1) is 24.9. The van der Waals surface area contributed by atoms with Gasteiger partial charge in [0.15, 0.2) is 5.82 Å². The van der Waals surface area contributed by atoms with E-state index in [0.29, 0.717) is 24.5 Å². The molecule has 2 unspecified atom stereocenters. The molecule has 0 amide bonds. The Kier molecular flexibility index (Phi) is 8.49. The van der Waals surface area contributed by atoms with Crippen molar-refractivity contribution in [2.24, 2.45) is 11.8 Å². The maximum atomic E-state index is 13.6. The molecule has 1 saturated carbocycles. The minimum Gasteiger partial charge on any atom is -0.378 e. The van der Waals surface area contributed by atoms with Gasteiger partial charge in [-0.15, -0.1) is 5.10 Å². The number of hydrogen-bond acceptors (Lipinski definition) is 7. The molecule has 190 valence electrons. The maximum Gasteiger partial charge on any atom is 0.151 e. The van der Waals surface area contributed by atoms with Crippen LogP contribution in [0.2, 0.25) is 0 Å². The number of alkyl halides is 1. The summed E-state index contributed by atoms with van der Waals surface area (Å²) < 4.78 is 38.7. The van der Waals surface area contributed by atoms with E-state index in [1.807, 2.05) is 24.3 Å². The molecular formula is C26H35F2N5OS. The van der Waals surface area contributed by atoms with Crippen molar-refractivity contribution in [3.8, 4) is 0 Å². The number of rotatable bonds is 9. The topological polar surface area (TPSA) is 53.5 Å². The quantitative estimate of drug-likeness (QED) is 0.502. The van der Waals surface area contributed by atoms with Crippen LogP contribution in [-0.2, 0) is 4.74 Å². The summed E-state index contributed by atoms with van der Waals surface area (Å²) in [7, 11) is 0. The lowest BCUT2D eigenvalue weighted by molar-refractivity contribution is -0.00211. The van der Waals surface area contributed by atoms with E-state index in [1.54, 1.807) is 24.4 Å². The molecule has 2 aliphatic heterocycles. The Morgan fingerprint density at radius 2 is 1.91 bits per heavy atom. The van der Waals surface area contributed by atoms with Crippen molar-refractivity contribution in [2.75, 3.05) is 44.4 Å². The SMILES string of the molecule is FCC1CN(SNC2CCN(c3cccnn3)CC2COC2CCC(c3cccc(F)c3)CC2)C1. The number of aromatic nitrogens is 2. The maximum absolute atomic E-state index is 13.6. The van der Waals surface area contributed by atoms with Gasteiger partial charge in [-0.25, -0.2) is 13.4 Å². The Labute approximate surface area is 211 Å². The number of benzene rings is 1. The Bertz CT molecular complexity index is 927. The molecule has 5 rings (SSSR count). The van der Waals surface area contributed by atoms with E-state index < -0.39 is 0 Å². The number of ether oxygens (including phenoxy) is 1. The molecule has 35 heavy (non-hydrogen) atoms. The first-order valence-corrected chi connectivity index (χ1v) is 13.6. The van der Waals surface area contributed by atoms with Crippen LogP contribution in [0, 0.1) is 17.7 Å². The summed E-state index contributed by atoms with van der Waals surface area (Å²) in [5, 5.41) is 8.36. The third-order valence-corrected chi connectivity index (χ3v) is 8.60. The highest BCUT2D eigenvalue weighted by Gasteiger charge is 2.34. The standard InChI is InChI=1S/C26H35F2N5OS/c27-14-19-15-33(16-19)35-31-25-10-12-32(26-5-2-11-29-30-26)17-22(25)18-34-24-8-6-20(7-9-24)21-3-1-4-23(28)13-21/h1-5,11,13,19-20,22,24-25,31H,6-10,12,14-18H2. The summed E-state index contributed by atoms with van der Waals surface area (Å²) in [6.07, 6.45) is 7.03. The fourth-order valence-electron chi connectivity index (χ4n) is 5.45. The molecule has 6 nitrogen and oxygen atoms in total. The first-order valence-electron chi connectivity index (χ1n) is 12.8. The van der Waals surface area contributed by atoms with Gasteiger partial charge >= 0.3 is 0 Å². The molecule has 0 bridgehead atoms. The van der Waals surface area contributed by atoms with Crippen LogP contribution in [0.5, 0.6) is 0 Å². The van der Waals surface area contributed by atoms with Crippen molar-refractivity contribution < 1.29 is 13.5 Å². The fraction of sp³-hybridized carbons (Fsp3) is 0.615. The molecule has 0 spiro atoms. The smallest absolute Gasteiger partial charge is 0.151 e. The summed E-state index contributed by atoms with van der Waals surface area (Å²) >= 11 is 1.63. The van der Waals surface area contributed by atoms with E-state index in [1.165, 1.54) is 6.07 Å².